The summed E-state index contributed by atoms with van der Waals surface area (Å²) in [7, 11) is 7.19. The van der Waals surface area contributed by atoms with Crippen LogP contribution in [0, 0.1) is 0 Å². The molecule has 6 atom stereocenters. The molecule has 0 spiro atoms. The molecule has 30 nitrogen and oxygen atoms in total. The van der Waals surface area contributed by atoms with Crippen molar-refractivity contribution in [3.63, 3.8) is 0 Å². The molecule has 0 unspecified atom stereocenters. The first-order chi connectivity index (χ1) is 70.5. The van der Waals surface area contributed by atoms with E-state index in [1.807, 2.05) is 232 Å². The minimum absolute atomic E-state index is 0.0832. The standard InChI is InChI=1S/2C29H27N7O.2C28H26N6O/c1-34-28(37)25-26(31-21-8-3-2-4-9-21)35(33-27(25)36-24-12-7-11-23(24)32-29(34)36)18-19-13-15-20(16-14-19)22-10-5-6-17-30-22;1-34-28(37)25-26(31-21-8-3-2-4-9-21)33-35(27(25)36-24-12-7-11-23(24)32-29(34)36)18-19-13-15-20(16-14-19)22-10-5-6-17-30-22;1-19-17-33-26-24(27(35)32(2)28(33)29-19)25(30-23-11-7-4-8-12-23)34(31-26)18-20-13-15-22(16-14-20)21-9-5-3-6-10-21;1-19-17-29-28-32(2)27(35)24-25(30-23-11-7-4-8-12-23)33(31-26(24)34(19)28)18-20-13-15-22(16-14-20)21-9-5-3-6-10-21/h2-6,8-10,13-17,23-24,31H,7,11-12,18H2,1H3;2-6,8-10,13-17,23-24H,7,11-12,18H2,1H3,(H,31,33);2*3-16,19,30H,17-18H2,1-2H3/t2*23-,24+;2*19-/m1111/s1. The van der Waals surface area contributed by atoms with E-state index in [1.54, 1.807) is 46.1 Å². The highest BCUT2D eigenvalue weighted by Gasteiger charge is 2.53. The van der Waals surface area contributed by atoms with Gasteiger partial charge >= 0.3 is 0 Å². The molecule has 2 saturated carbocycles. The quantitative estimate of drug-likeness (QED) is 0.0551. The zero-order chi connectivity index (χ0) is 97.7. The summed E-state index contributed by atoms with van der Waals surface area (Å²) < 4.78 is 7.68. The largest absolute Gasteiger partial charge is 0.340 e. The van der Waals surface area contributed by atoms with E-state index in [0.29, 0.717) is 114 Å². The Kier molecular flexibility index (Phi) is 24.1. The summed E-state index contributed by atoms with van der Waals surface area (Å²) in [4.78, 5) is 97.6. The van der Waals surface area contributed by atoms with Gasteiger partial charge in [-0.1, -0.05) is 243 Å². The summed E-state index contributed by atoms with van der Waals surface area (Å²) in [6, 6.07) is 107. The Morgan fingerprint density at radius 2 is 0.660 bits per heavy atom. The van der Waals surface area contributed by atoms with E-state index in [0.717, 1.165) is 124 Å². The van der Waals surface area contributed by atoms with Crippen molar-refractivity contribution in [3.05, 3.63) is 372 Å². The van der Waals surface area contributed by atoms with E-state index in [1.165, 1.54) is 22.3 Å². The summed E-state index contributed by atoms with van der Waals surface area (Å²) >= 11 is 0. The lowest BCUT2D eigenvalue weighted by atomic mass is 10.0. The minimum atomic E-state index is -0.104. The Balaban J connectivity index is 0.000000106. The molecule has 30 heteroatoms. The molecule has 2 aliphatic carbocycles. The van der Waals surface area contributed by atoms with E-state index < -0.39 is 0 Å². The number of nitrogens with zero attached hydrogens (tertiary/aromatic N) is 22. The molecule has 26 rings (SSSR count). The van der Waals surface area contributed by atoms with E-state index in [4.69, 9.17) is 30.4 Å². The number of hydrogen-bond donors (Lipinski definition) is 4. The Bertz CT molecular complexity index is 7600. The Labute approximate surface area is 833 Å². The number of amides is 4. The van der Waals surface area contributed by atoms with Crippen LogP contribution in [0.25, 0.3) is 44.8 Å². The zero-order valence-corrected chi connectivity index (χ0v) is 80.6. The van der Waals surface area contributed by atoms with Crippen LogP contribution in [0.4, 0.5) is 69.3 Å². The summed E-state index contributed by atoms with van der Waals surface area (Å²) in [6.07, 6.45) is 10.1. The van der Waals surface area contributed by atoms with Gasteiger partial charge in [-0.2, -0.15) is 20.4 Å². The molecule has 10 aromatic carbocycles. The molecule has 0 radical (unpaired) electrons. The topological polar surface area (TPSA) is 289 Å². The van der Waals surface area contributed by atoms with Crippen molar-refractivity contribution in [3.8, 4) is 44.8 Å². The van der Waals surface area contributed by atoms with Crippen LogP contribution in [0.5, 0.6) is 0 Å². The number of para-hydroxylation sites is 4. The first-order valence-electron chi connectivity index (χ1n) is 49.1. The van der Waals surface area contributed by atoms with Crippen LogP contribution in [0.3, 0.4) is 0 Å². The molecule has 0 saturated heterocycles. The van der Waals surface area contributed by atoms with Crippen LogP contribution in [0.1, 0.15) is 116 Å². The van der Waals surface area contributed by atoms with E-state index in [2.05, 4.69) is 191 Å². The van der Waals surface area contributed by atoms with Crippen LogP contribution in [-0.2, 0) is 26.2 Å². The highest BCUT2D eigenvalue weighted by Crippen LogP contribution is 2.48. The van der Waals surface area contributed by atoms with E-state index in [-0.39, 0.29) is 59.9 Å². The minimum Gasteiger partial charge on any atom is -0.340 e. The average molecular weight is 1900 g/mol. The molecule has 0 bridgehead atoms. The Morgan fingerprint density at radius 1 is 0.312 bits per heavy atom. The summed E-state index contributed by atoms with van der Waals surface area (Å²) in [6.45, 7) is 7.63. The van der Waals surface area contributed by atoms with Crippen molar-refractivity contribution < 1.29 is 19.2 Å². The summed E-state index contributed by atoms with van der Waals surface area (Å²) in [5, 5.41) is 33.8. The molecule has 6 aromatic heterocycles. The molecule has 16 aromatic rings. The number of guanidine groups is 4. The second kappa shape index (κ2) is 38.5. The van der Waals surface area contributed by atoms with Crippen LogP contribution in [0.15, 0.2) is 348 Å². The van der Waals surface area contributed by atoms with Gasteiger partial charge in [-0.05, 0) is 170 Å². The molecular formula is C114H106N26O4. The maximum Gasteiger partial charge on any atom is 0.267 e. The van der Waals surface area contributed by atoms with Gasteiger partial charge in [-0.15, -0.1) is 0 Å². The van der Waals surface area contributed by atoms with Crippen molar-refractivity contribution >= 4 is 117 Å². The predicted octanol–water partition coefficient (Wildman–Crippen LogP) is 19.8. The predicted molar refractivity (Wildman–Crippen MR) is 567 cm³/mol. The first-order valence-corrected chi connectivity index (χ1v) is 49.1. The summed E-state index contributed by atoms with van der Waals surface area (Å²) in [5.74, 6) is 7.94. The van der Waals surface area contributed by atoms with E-state index in [9.17, 15) is 19.2 Å². The third-order valence-electron chi connectivity index (χ3n) is 28.1. The number of pyridine rings is 2. The number of benzene rings is 10. The molecule has 14 heterocycles. The zero-order valence-electron chi connectivity index (χ0n) is 80.6. The number of hydrogen-bond acceptors (Lipinski definition) is 22. The monoisotopic (exact) mass is 1900 g/mol. The fourth-order valence-corrected chi connectivity index (χ4v) is 20.8. The fraction of sp³-hybridized carbons (Fsp3) is 0.211. The molecule has 716 valence electrons. The van der Waals surface area contributed by atoms with Gasteiger partial charge in [0.2, 0.25) is 23.8 Å². The molecule has 144 heavy (non-hydrogen) atoms. The smallest absolute Gasteiger partial charge is 0.267 e. The van der Waals surface area contributed by atoms with Gasteiger partial charge < -0.3 is 21.3 Å². The summed E-state index contributed by atoms with van der Waals surface area (Å²) in [5.41, 5.74) is 19.1. The average Bonchev–Trinajstić information content (AvgIpc) is 1.57. The highest BCUT2D eigenvalue weighted by molar-refractivity contribution is 6.24. The van der Waals surface area contributed by atoms with Crippen LogP contribution < -0.4 is 40.9 Å². The van der Waals surface area contributed by atoms with Crippen LogP contribution in [0.2, 0.25) is 0 Å². The SMILES string of the molecule is CN1C(=O)c2c(Nc3ccccc3)nn(Cc3ccc(-c4ccccn4)cc3)c2N2C1=N[C@@H]1CCC[C@@H]12.CN1C(=O)c2c(nn(Cc3ccc(-c4ccccn4)cc3)c2Nc2ccccc2)N2C1=N[C@@H]1CCC[C@@H]12.C[C@@H]1CN2C(=N1)N(C)C(=O)c1c2nn(Cc2ccc(-c3ccccc3)cc2)c1Nc1ccccc1.C[C@@H]1CN=C2N(C)C(=O)c3c(nn(Cc4ccc(-c5ccccc5)cc4)c3Nc3ccccc3)N21. The number of rotatable bonds is 20. The number of aromatic nitrogens is 10. The number of aliphatic imine (C=N–C) groups is 4. The van der Waals surface area contributed by atoms with Crippen molar-refractivity contribution in [2.75, 3.05) is 82.1 Å². The lowest BCUT2D eigenvalue weighted by Gasteiger charge is -2.35. The van der Waals surface area contributed by atoms with Gasteiger partial charge in [0.25, 0.3) is 23.6 Å². The lowest BCUT2D eigenvalue weighted by Crippen LogP contribution is -2.52. The third-order valence-corrected chi connectivity index (χ3v) is 28.1. The number of nitrogens with one attached hydrogen (secondary N) is 4. The fourth-order valence-electron chi connectivity index (χ4n) is 20.8. The first kappa shape index (κ1) is 90.2. The molecule has 10 aliphatic rings. The van der Waals surface area contributed by atoms with Crippen molar-refractivity contribution in [1.82, 2.24) is 68.7 Å². The number of carbonyl (C=O) groups is 4. The van der Waals surface area contributed by atoms with Gasteiger partial charge in [0.15, 0.2) is 23.3 Å². The van der Waals surface area contributed by atoms with Crippen molar-refractivity contribution in [2.24, 2.45) is 20.0 Å². The number of anilines is 12. The third kappa shape index (κ3) is 17.2. The lowest BCUT2D eigenvalue weighted by molar-refractivity contribution is 0.0857. The molecule has 4 N–H and O–H groups in total. The van der Waals surface area contributed by atoms with Crippen LogP contribution >= 0.6 is 0 Å². The van der Waals surface area contributed by atoms with Crippen molar-refractivity contribution in [2.45, 2.75) is 115 Å². The maximum absolute atomic E-state index is 13.7. The van der Waals surface area contributed by atoms with Gasteiger partial charge in [0.05, 0.1) is 80.4 Å². The van der Waals surface area contributed by atoms with Gasteiger partial charge in [-0.3, -0.25) is 73.3 Å². The Morgan fingerprint density at radius 3 is 1.09 bits per heavy atom. The van der Waals surface area contributed by atoms with Crippen LogP contribution in [-0.4, -0.2) is 194 Å². The van der Waals surface area contributed by atoms with E-state index >= 15 is 0 Å². The Hall–Kier alpha value is -17.7. The molecule has 2 fully saturated rings. The highest BCUT2D eigenvalue weighted by atomic mass is 16.2. The molecule has 8 aliphatic heterocycles. The second-order valence-corrected chi connectivity index (χ2v) is 37.7. The second-order valence-electron chi connectivity index (χ2n) is 37.7. The number of carbonyl (C=O) groups excluding carboxylic acids is 4. The van der Waals surface area contributed by atoms with Gasteiger partial charge in [0.1, 0.15) is 45.5 Å². The molecule has 4 amide bonds. The van der Waals surface area contributed by atoms with Gasteiger partial charge in [-0.25, -0.2) is 33.7 Å². The van der Waals surface area contributed by atoms with Crippen molar-refractivity contribution in [1.29, 1.82) is 0 Å². The maximum atomic E-state index is 13.7. The normalized spacial score (nSPS) is 18.3. The van der Waals surface area contributed by atoms with Gasteiger partial charge in [0, 0.05) is 81.0 Å². The molecular weight excluding hydrogens is 1800 g/mol. The number of fused-ring (bicyclic) bond motifs is 16.